The molecule has 13 aromatic carbocycles. The second-order valence-electron chi connectivity index (χ2n) is 23.8. The number of halogens is 1. The molecule has 88 heavy (non-hydrogen) atoms. The molecule has 420 valence electrons. The lowest BCUT2D eigenvalue weighted by Crippen LogP contribution is -2.28. The van der Waals surface area contributed by atoms with Crippen LogP contribution in [-0.4, -0.2) is 0 Å². The van der Waals surface area contributed by atoms with Crippen molar-refractivity contribution in [3.05, 3.63) is 364 Å². The molecule has 0 spiro atoms. The van der Waals surface area contributed by atoms with Crippen molar-refractivity contribution in [1.29, 1.82) is 0 Å². The molecule has 4 heteroatoms. The van der Waals surface area contributed by atoms with Crippen molar-refractivity contribution in [3.8, 4) is 33.4 Å². The first-order valence-electron chi connectivity index (χ1n) is 30.0. The van der Waals surface area contributed by atoms with E-state index in [4.69, 9.17) is 20.4 Å². The summed E-state index contributed by atoms with van der Waals surface area (Å²) in [5.41, 5.74) is 25.6. The van der Waals surface area contributed by atoms with E-state index in [0.29, 0.717) is 5.02 Å². The summed E-state index contributed by atoms with van der Waals surface area (Å²) in [6.07, 6.45) is 0. The lowest BCUT2D eigenvalue weighted by atomic mass is 9.67. The Hall–Kier alpha value is -10.5. The lowest BCUT2D eigenvalue weighted by Gasteiger charge is -2.33. The molecule has 2 heterocycles. The van der Waals surface area contributed by atoms with Crippen LogP contribution in [0.4, 0.5) is 17.1 Å². The van der Waals surface area contributed by atoms with Crippen LogP contribution in [-0.2, 0) is 16.2 Å². The van der Waals surface area contributed by atoms with E-state index in [2.05, 4.69) is 310 Å². The highest BCUT2D eigenvalue weighted by molar-refractivity contribution is 6.36. The average molecular weight is 1150 g/mol. The molecule has 0 N–H and O–H groups in total. The molecule has 15 aromatic rings. The zero-order valence-electron chi connectivity index (χ0n) is 48.0. The summed E-state index contributed by atoms with van der Waals surface area (Å²) in [5.74, 6) is 0. The van der Waals surface area contributed by atoms with Crippen molar-refractivity contribution in [2.45, 2.75) is 37.5 Å². The van der Waals surface area contributed by atoms with Crippen molar-refractivity contribution in [2.24, 2.45) is 0 Å². The zero-order valence-corrected chi connectivity index (χ0v) is 48.8. The number of furan rings is 2. The number of fused-ring (bicyclic) bond motifs is 15. The summed E-state index contributed by atoms with van der Waals surface area (Å²) in [5, 5.41) is 4.97. The predicted octanol–water partition coefficient (Wildman–Crippen LogP) is 23.0. The molecule has 0 bridgehead atoms. The van der Waals surface area contributed by atoms with E-state index >= 15 is 0 Å². The summed E-state index contributed by atoms with van der Waals surface area (Å²) in [6, 6.07) is 109. The Balaban J connectivity index is 0.000000157. The maximum Gasteiger partial charge on any atom is 0.159 e. The highest BCUT2D eigenvalue weighted by atomic mass is 35.5. The van der Waals surface area contributed by atoms with Crippen LogP contribution in [0.5, 0.6) is 0 Å². The van der Waals surface area contributed by atoms with Gasteiger partial charge in [0.1, 0.15) is 11.2 Å². The van der Waals surface area contributed by atoms with Crippen molar-refractivity contribution < 1.29 is 8.83 Å². The topological polar surface area (TPSA) is 29.5 Å². The largest absolute Gasteiger partial charge is 0.454 e. The zero-order chi connectivity index (χ0) is 58.0. The third kappa shape index (κ3) is 7.38. The summed E-state index contributed by atoms with van der Waals surface area (Å²) >= 11 is 6.56. The highest BCUT2D eigenvalue weighted by Gasteiger charge is 2.49. The number of anilines is 3. The van der Waals surface area contributed by atoms with Crippen LogP contribution in [0, 0.1) is 0 Å². The Bertz CT molecular complexity index is 5140. The smallest absolute Gasteiger partial charge is 0.159 e. The Morgan fingerprint density at radius 2 is 0.625 bits per heavy atom. The highest BCUT2D eigenvalue weighted by Crippen LogP contribution is 2.61. The van der Waals surface area contributed by atoms with Gasteiger partial charge in [0.2, 0.25) is 0 Å². The van der Waals surface area contributed by atoms with Gasteiger partial charge in [-0.3, -0.25) is 0 Å². The van der Waals surface area contributed by atoms with Crippen LogP contribution < -0.4 is 4.90 Å². The van der Waals surface area contributed by atoms with Gasteiger partial charge in [0, 0.05) is 49.3 Å². The van der Waals surface area contributed by atoms with Crippen LogP contribution in [0.3, 0.4) is 0 Å². The maximum absolute atomic E-state index is 7.42. The van der Waals surface area contributed by atoms with Crippen LogP contribution in [0.15, 0.2) is 312 Å². The summed E-state index contributed by atoms with van der Waals surface area (Å²) in [4.78, 5) is 2.41. The van der Waals surface area contributed by atoms with E-state index in [0.717, 1.165) is 72.1 Å². The van der Waals surface area contributed by atoms with Gasteiger partial charge in [-0.2, -0.15) is 0 Å². The summed E-state index contributed by atoms with van der Waals surface area (Å²) in [7, 11) is 0. The second kappa shape index (κ2) is 20.3. The van der Waals surface area contributed by atoms with Gasteiger partial charge in [0.05, 0.1) is 27.2 Å². The number of nitrogens with zero attached hydrogens (tertiary/aromatic N) is 1. The first kappa shape index (κ1) is 53.1. The third-order valence-electron chi connectivity index (χ3n) is 19.2. The number of rotatable bonds is 7. The molecule has 0 unspecified atom stereocenters. The molecule has 0 saturated heterocycles. The maximum atomic E-state index is 7.42. The predicted molar refractivity (Wildman–Crippen MR) is 366 cm³/mol. The lowest BCUT2D eigenvalue weighted by molar-refractivity contribution is 0.648. The Morgan fingerprint density at radius 1 is 0.284 bits per heavy atom. The monoisotopic (exact) mass is 1150 g/mol. The first-order valence-corrected chi connectivity index (χ1v) is 30.4. The van der Waals surface area contributed by atoms with Gasteiger partial charge in [0.15, 0.2) is 11.2 Å². The van der Waals surface area contributed by atoms with Gasteiger partial charge in [-0.05, 0) is 103 Å². The van der Waals surface area contributed by atoms with Crippen LogP contribution in [0.25, 0.3) is 77.3 Å². The molecule has 0 amide bonds. The Morgan fingerprint density at radius 3 is 1.12 bits per heavy atom. The average Bonchev–Trinajstić information content (AvgIpc) is 1.64. The number of benzene rings is 13. The summed E-state index contributed by atoms with van der Waals surface area (Å²) < 4.78 is 14.0. The Kier molecular flexibility index (Phi) is 12.3. The molecule has 3 aliphatic rings. The minimum atomic E-state index is -0.573. The van der Waals surface area contributed by atoms with E-state index in [9.17, 15) is 0 Å². The Labute approximate surface area is 518 Å². The fourth-order valence-electron chi connectivity index (χ4n) is 15.6. The fourth-order valence-corrected chi connectivity index (χ4v) is 15.8. The van der Waals surface area contributed by atoms with Gasteiger partial charge < -0.3 is 13.7 Å². The number of hydrogen-bond donors (Lipinski definition) is 0. The molecular formula is C84H60ClNO2. The molecule has 0 saturated carbocycles. The van der Waals surface area contributed by atoms with Crippen LogP contribution >= 0.6 is 11.6 Å². The third-order valence-corrected chi connectivity index (χ3v) is 19.5. The van der Waals surface area contributed by atoms with Crippen molar-refractivity contribution >= 4 is 72.5 Å². The van der Waals surface area contributed by atoms with Gasteiger partial charge in [0.25, 0.3) is 0 Å². The van der Waals surface area contributed by atoms with Gasteiger partial charge >= 0.3 is 0 Å². The molecule has 0 atom stereocenters. The van der Waals surface area contributed by atoms with Crippen molar-refractivity contribution in [3.63, 3.8) is 0 Å². The standard InChI is InChI=1S/C52H37NO.C31H19ClO.CH4/c1-51(2)41-27-12-11-24-40(41)48-44(51)30-17-32-46(48)53(35-20-7-4-8-21-35)47-33-16-26-39-38-25-15-31-45(49(38)54-50(39)47)52(34-18-5-3-6-19-34)42-28-13-9-22-36(42)37-23-10-14-29-43(37)52;32-28-19-9-15-24-23-14-8-18-27(29(23)33-30(24)28)31(20-10-2-1-3-11-20)25-16-6-4-12-21(25)22-13-5-7-17-26(22)31;/h3-33H,1-2H3;1-19H;1H4. The van der Waals surface area contributed by atoms with Crippen LogP contribution in [0.2, 0.25) is 5.02 Å². The SMILES string of the molecule is C.CC1(C)c2ccccc2-c2c(N(c3ccccc3)c3cccc4c3oc3c(C5(c6ccccc6)c6ccccc6-c6ccccc65)cccc34)cccc21.Clc1cccc2c1oc1c(C3(c4ccccc4)c4ccccc4-c4ccccc43)cccc12. The number of hydrogen-bond acceptors (Lipinski definition) is 3. The molecule has 0 radical (unpaired) electrons. The second-order valence-corrected chi connectivity index (χ2v) is 24.2. The fraction of sp³-hybridized carbons (Fsp3) is 0.0714. The van der Waals surface area contributed by atoms with E-state index in [1.807, 2.05) is 12.1 Å². The van der Waals surface area contributed by atoms with Crippen LogP contribution in [0.1, 0.15) is 76.9 Å². The molecule has 0 fully saturated rings. The molecule has 18 rings (SSSR count). The molecule has 0 aliphatic heterocycles. The van der Waals surface area contributed by atoms with E-state index < -0.39 is 10.8 Å². The minimum absolute atomic E-state index is 0. The van der Waals surface area contributed by atoms with Gasteiger partial charge in [-0.1, -0.05) is 306 Å². The van der Waals surface area contributed by atoms with Crippen molar-refractivity contribution in [1.82, 2.24) is 0 Å². The quantitative estimate of drug-likeness (QED) is 0.159. The first-order chi connectivity index (χ1) is 42.9. The van der Waals surface area contributed by atoms with Gasteiger partial charge in [-0.15, -0.1) is 0 Å². The minimum Gasteiger partial charge on any atom is -0.454 e. The van der Waals surface area contributed by atoms with Crippen molar-refractivity contribution in [2.75, 3.05) is 4.90 Å². The molecule has 2 aromatic heterocycles. The van der Waals surface area contributed by atoms with E-state index in [-0.39, 0.29) is 12.8 Å². The van der Waals surface area contributed by atoms with E-state index in [1.165, 1.54) is 77.9 Å². The molecule has 3 aliphatic carbocycles. The van der Waals surface area contributed by atoms with Gasteiger partial charge in [-0.25, -0.2) is 0 Å². The normalized spacial score (nSPS) is 14.0. The molecular weight excluding hydrogens is 1090 g/mol. The summed E-state index contributed by atoms with van der Waals surface area (Å²) in [6.45, 7) is 4.69. The number of para-hydroxylation sites is 5. The molecule has 3 nitrogen and oxygen atoms in total. The van der Waals surface area contributed by atoms with E-state index in [1.54, 1.807) is 0 Å².